The lowest BCUT2D eigenvalue weighted by Gasteiger charge is -2.15. The molecule has 2 rings (SSSR count). The SMILES string of the molecule is CC[S@](=O)c1ccccc1C(=O)O[C@H](C)C(=O)Nc1cccc(Cl)c1. The zero-order valence-corrected chi connectivity index (χ0v) is 15.4. The van der Waals surface area contributed by atoms with Gasteiger partial charge in [0.2, 0.25) is 0 Å². The molecule has 0 saturated carbocycles. The Kier molecular flexibility index (Phi) is 6.73. The van der Waals surface area contributed by atoms with Gasteiger partial charge in [-0.3, -0.25) is 9.00 Å². The van der Waals surface area contributed by atoms with Crippen molar-refractivity contribution in [2.45, 2.75) is 24.8 Å². The highest BCUT2D eigenvalue weighted by Gasteiger charge is 2.22. The summed E-state index contributed by atoms with van der Waals surface area (Å²) in [4.78, 5) is 24.9. The number of nitrogens with one attached hydrogen (secondary N) is 1. The summed E-state index contributed by atoms with van der Waals surface area (Å²) in [6.45, 7) is 3.23. The number of carbonyl (C=O) groups is 2. The number of benzene rings is 2. The van der Waals surface area contributed by atoms with Crippen molar-refractivity contribution < 1.29 is 18.5 Å². The van der Waals surface area contributed by atoms with Gasteiger partial charge < -0.3 is 10.1 Å². The summed E-state index contributed by atoms with van der Waals surface area (Å²) in [6.07, 6.45) is -1.02. The predicted octanol–water partition coefficient (Wildman–Crippen LogP) is 3.65. The minimum Gasteiger partial charge on any atom is -0.449 e. The fraction of sp³-hybridized carbons (Fsp3) is 0.222. The molecule has 0 radical (unpaired) electrons. The van der Waals surface area contributed by atoms with Gasteiger partial charge in [0, 0.05) is 16.5 Å². The van der Waals surface area contributed by atoms with Crippen LogP contribution < -0.4 is 5.32 Å². The van der Waals surface area contributed by atoms with Gasteiger partial charge in [-0.1, -0.05) is 36.7 Å². The average Bonchev–Trinajstić information content (AvgIpc) is 2.60. The van der Waals surface area contributed by atoms with Crippen LogP contribution in [-0.2, 0) is 20.3 Å². The van der Waals surface area contributed by atoms with E-state index < -0.39 is 28.8 Å². The smallest absolute Gasteiger partial charge is 0.340 e. The lowest BCUT2D eigenvalue weighted by molar-refractivity contribution is -0.123. The van der Waals surface area contributed by atoms with Gasteiger partial charge >= 0.3 is 5.97 Å². The minimum atomic E-state index is -1.30. The van der Waals surface area contributed by atoms with Gasteiger partial charge in [0.15, 0.2) is 6.10 Å². The van der Waals surface area contributed by atoms with Crippen LogP contribution in [-0.4, -0.2) is 27.9 Å². The van der Waals surface area contributed by atoms with Gasteiger partial charge in [-0.2, -0.15) is 0 Å². The third kappa shape index (κ3) is 5.14. The maximum Gasteiger partial charge on any atom is 0.340 e. The van der Waals surface area contributed by atoms with E-state index in [-0.39, 0.29) is 5.56 Å². The van der Waals surface area contributed by atoms with Crippen LogP contribution in [0.15, 0.2) is 53.4 Å². The molecule has 0 unspecified atom stereocenters. The van der Waals surface area contributed by atoms with E-state index in [0.29, 0.717) is 21.4 Å². The molecule has 2 aromatic carbocycles. The molecular weight excluding hydrogens is 362 g/mol. The highest BCUT2D eigenvalue weighted by molar-refractivity contribution is 7.85. The number of halogens is 1. The normalized spacial score (nSPS) is 12.9. The molecule has 132 valence electrons. The number of carbonyl (C=O) groups excluding carboxylic acids is 2. The van der Waals surface area contributed by atoms with Gasteiger partial charge in [-0.25, -0.2) is 4.79 Å². The van der Waals surface area contributed by atoms with Crippen molar-refractivity contribution in [3.05, 3.63) is 59.1 Å². The van der Waals surface area contributed by atoms with E-state index >= 15 is 0 Å². The van der Waals surface area contributed by atoms with E-state index in [1.54, 1.807) is 49.4 Å². The second-order valence-electron chi connectivity index (χ2n) is 5.18. The van der Waals surface area contributed by atoms with E-state index in [1.807, 2.05) is 0 Å². The molecule has 1 N–H and O–H groups in total. The number of amides is 1. The van der Waals surface area contributed by atoms with Crippen LogP contribution in [0.25, 0.3) is 0 Å². The number of hydrogen-bond acceptors (Lipinski definition) is 4. The van der Waals surface area contributed by atoms with Gasteiger partial charge in [0.05, 0.1) is 21.3 Å². The van der Waals surface area contributed by atoms with Crippen LogP contribution in [0.3, 0.4) is 0 Å². The maximum absolute atomic E-state index is 12.3. The quantitative estimate of drug-likeness (QED) is 0.777. The molecule has 0 aromatic heterocycles. The maximum atomic E-state index is 12.3. The van der Waals surface area contributed by atoms with Crippen molar-refractivity contribution in [3.63, 3.8) is 0 Å². The molecule has 0 aliphatic carbocycles. The van der Waals surface area contributed by atoms with Crippen LogP contribution in [0.4, 0.5) is 5.69 Å². The molecule has 2 aromatic rings. The molecule has 25 heavy (non-hydrogen) atoms. The number of hydrogen-bond donors (Lipinski definition) is 1. The zero-order valence-electron chi connectivity index (χ0n) is 13.8. The highest BCUT2D eigenvalue weighted by atomic mass is 35.5. The fourth-order valence-corrected chi connectivity index (χ4v) is 3.21. The van der Waals surface area contributed by atoms with Crippen molar-refractivity contribution in [1.82, 2.24) is 0 Å². The molecule has 2 atom stereocenters. The summed E-state index contributed by atoms with van der Waals surface area (Å²) < 4.78 is 17.3. The van der Waals surface area contributed by atoms with Gasteiger partial charge in [0.25, 0.3) is 5.91 Å². The first-order chi connectivity index (χ1) is 11.9. The van der Waals surface area contributed by atoms with Crippen LogP contribution in [0.1, 0.15) is 24.2 Å². The molecule has 0 fully saturated rings. The molecule has 0 spiro atoms. The van der Waals surface area contributed by atoms with Crippen LogP contribution in [0.2, 0.25) is 5.02 Å². The Morgan fingerprint density at radius 1 is 1.20 bits per heavy atom. The third-order valence-electron chi connectivity index (χ3n) is 3.36. The Hall–Kier alpha value is -2.18. The summed E-state index contributed by atoms with van der Waals surface area (Å²) >= 11 is 5.87. The Labute approximate surface area is 153 Å². The third-order valence-corrected chi connectivity index (χ3v) is 4.97. The van der Waals surface area contributed by atoms with E-state index in [2.05, 4.69) is 5.32 Å². The lowest BCUT2D eigenvalue weighted by atomic mass is 10.2. The fourth-order valence-electron chi connectivity index (χ4n) is 2.08. The summed E-state index contributed by atoms with van der Waals surface area (Å²) in [7, 11) is -1.30. The van der Waals surface area contributed by atoms with Crippen molar-refractivity contribution >= 4 is 40.0 Å². The van der Waals surface area contributed by atoms with Crippen molar-refractivity contribution in [3.8, 4) is 0 Å². The standard InChI is InChI=1S/C18H18ClNO4S/c1-3-25(23)16-10-5-4-9-15(16)18(22)24-12(2)17(21)20-14-8-6-7-13(19)11-14/h4-12H,3H2,1-2H3,(H,20,21)/t12-,25+/m1/s1. The summed E-state index contributed by atoms with van der Waals surface area (Å²) in [6, 6.07) is 13.2. The van der Waals surface area contributed by atoms with Gasteiger partial charge in [-0.05, 0) is 37.3 Å². The van der Waals surface area contributed by atoms with E-state index in [4.69, 9.17) is 16.3 Å². The monoisotopic (exact) mass is 379 g/mol. The average molecular weight is 380 g/mol. The predicted molar refractivity (Wildman–Crippen MR) is 98.4 cm³/mol. The second-order valence-corrected chi connectivity index (χ2v) is 7.32. The number of rotatable bonds is 6. The molecule has 0 aliphatic heterocycles. The summed E-state index contributed by atoms with van der Waals surface area (Å²) in [5.74, 6) is -0.786. The number of anilines is 1. The topological polar surface area (TPSA) is 72.5 Å². The molecule has 7 heteroatoms. The molecule has 0 bridgehead atoms. The molecule has 0 heterocycles. The first-order valence-corrected chi connectivity index (χ1v) is 9.37. The largest absolute Gasteiger partial charge is 0.449 e. The van der Waals surface area contributed by atoms with E-state index in [0.717, 1.165) is 0 Å². The Balaban J connectivity index is 2.07. The zero-order chi connectivity index (χ0) is 18.4. The Bertz CT molecular complexity index is 809. The number of esters is 1. The summed E-state index contributed by atoms with van der Waals surface area (Å²) in [5.41, 5.74) is 0.706. The molecule has 1 amide bonds. The van der Waals surface area contributed by atoms with Gasteiger partial charge in [0.1, 0.15) is 0 Å². The van der Waals surface area contributed by atoms with Crippen molar-refractivity contribution in [2.75, 3.05) is 11.1 Å². The Morgan fingerprint density at radius 2 is 1.92 bits per heavy atom. The molecule has 5 nitrogen and oxygen atoms in total. The second kappa shape index (κ2) is 8.78. The number of ether oxygens (including phenoxy) is 1. The molecule has 0 saturated heterocycles. The van der Waals surface area contributed by atoms with Crippen LogP contribution in [0, 0.1) is 0 Å². The first-order valence-electron chi connectivity index (χ1n) is 7.67. The van der Waals surface area contributed by atoms with Crippen LogP contribution in [0.5, 0.6) is 0 Å². The van der Waals surface area contributed by atoms with E-state index in [1.165, 1.54) is 13.0 Å². The van der Waals surface area contributed by atoms with Gasteiger partial charge in [-0.15, -0.1) is 0 Å². The minimum absolute atomic E-state index is 0.199. The molecule has 0 aliphatic rings. The molecular formula is C18H18ClNO4S. The Morgan fingerprint density at radius 3 is 2.60 bits per heavy atom. The van der Waals surface area contributed by atoms with Crippen molar-refractivity contribution in [1.29, 1.82) is 0 Å². The first kappa shape index (κ1) is 19.1. The van der Waals surface area contributed by atoms with Crippen LogP contribution >= 0.6 is 11.6 Å². The van der Waals surface area contributed by atoms with Crippen molar-refractivity contribution in [2.24, 2.45) is 0 Å². The highest BCUT2D eigenvalue weighted by Crippen LogP contribution is 2.17. The summed E-state index contributed by atoms with van der Waals surface area (Å²) in [5, 5.41) is 3.11. The van der Waals surface area contributed by atoms with E-state index in [9.17, 15) is 13.8 Å². The lowest BCUT2D eigenvalue weighted by Crippen LogP contribution is -2.30.